The summed E-state index contributed by atoms with van der Waals surface area (Å²) in [6.45, 7) is 4.56. The number of nitrogens with one attached hydrogen (secondary N) is 1. The first-order valence-electron chi connectivity index (χ1n) is 8.51. The molecule has 1 aromatic rings. The van der Waals surface area contributed by atoms with Gasteiger partial charge < -0.3 is 5.32 Å². The van der Waals surface area contributed by atoms with Crippen molar-refractivity contribution in [3.05, 3.63) is 29.0 Å². The van der Waals surface area contributed by atoms with Crippen LogP contribution in [0.1, 0.15) is 39.5 Å². The van der Waals surface area contributed by atoms with Gasteiger partial charge in [0.2, 0.25) is 15.9 Å². The van der Waals surface area contributed by atoms with E-state index in [2.05, 4.69) is 12.2 Å². The second-order valence-electron chi connectivity index (χ2n) is 6.45. The topological polar surface area (TPSA) is 66.5 Å². The zero-order valence-corrected chi connectivity index (χ0v) is 16.0. The number of carbonyl (C=O) groups is 1. The van der Waals surface area contributed by atoms with Crippen LogP contribution < -0.4 is 5.32 Å². The lowest BCUT2D eigenvalue weighted by Crippen LogP contribution is -2.44. The van der Waals surface area contributed by atoms with Gasteiger partial charge in [-0.25, -0.2) is 12.8 Å². The molecule has 0 radical (unpaired) electrons. The van der Waals surface area contributed by atoms with E-state index in [0.29, 0.717) is 12.8 Å². The van der Waals surface area contributed by atoms with Gasteiger partial charge in [-0.2, -0.15) is 4.31 Å². The van der Waals surface area contributed by atoms with Gasteiger partial charge in [-0.05, 0) is 44.4 Å². The maximum atomic E-state index is 13.2. The molecule has 1 saturated heterocycles. The molecule has 0 aliphatic carbocycles. The normalized spacial score (nSPS) is 18.1. The molecule has 1 N–H and O–H groups in total. The Morgan fingerprint density at radius 3 is 2.60 bits per heavy atom. The fourth-order valence-electron chi connectivity index (χ4n) is 3.01. The number of halogens is 2. The van der Waals surface area contributed by atoms with Crippen molar-refractivity contribution in [2.75, 3.05) is 13.1 Å². The predicted molar refractivity (Wildman–Crippen MR) is 95.4 cm³/mol. The second-order valence-corrected chi connectivity index (χ2v) is 8.80. The molecule has 1 atom stereocenters. The highest BCUT2D eigenvalue weighted by Crippen LogP contribution is 2.26. The van der Waals surface area contributed by atoms with Crippen LogP contribution in [0.15, 0.2) is 23.1 Å². The van der Waals surface area contributed by atoms with E-state index < -0.39 is 15.8 Å². The Balaban J connectivity index is 1.99. The number of benzene rings is 1. The highest BCUT2D eigenvalue weighted by atomic mass is 35.5. The first-order chi connectivity index (χ1) is 11.8. The summed E-state index contributed by atoms with van der Waals surface area (Å²) in [5, 5.41) is 2.76. The van der Waals surface area contributed by atoms with Crippen molar-refractivity contribution < 1.29 is 17.6 Å². The Morgan fingerprint density at radius 1 is 1.40 bits per heavy atom. The van der Waals surface area contributed by atoms with Crippen LogP contribution in [0.2, 0.25) is 5.02 Å². The molecular weight excluding hydrogens is 367 g/mol. The molecule has 1 aliphatic heterocycles. The average molecular weight is 391 g/mol. The summed E-state index contributed by atoms with van der Waals surface area (Å²) in [4.78, 5) is 12.2. The smallest absolute Gasteiger partial charge is 0.243 e. The Labute approximate surface area is 153 Å². The van der Waals surface area contributed by atoms with Crippen LogP contribution >= 0.6 is 11.6 Å². The van der Waals surface area contributed by atoms with Crippen molar-refractivity contribution >= 4 is 27.5 Å². The summed E-state index contributed by atoms with van der Waals surface area (Å²) in [6.07, 6.45) is 2.86. The number of piperidine rings is 1. The van der Waals surface area contributed by atoms with Gasteiger partial charge in [-0.3, -0.25) is 4.79 Å². The summed E-state index contributed by atoms with van der Waals surface area (Å²) < 4.78 is 39.8. The van der Waals surface area contributed by atoms with E-state index in [1.54, 1.807) is 0 Å². The Morgan fingerprint density at radius 2 is 2.04 bits per heavy atom. The number of carbonyl (C=O) groups excluding carboxylic acids is 1. The molecule has 0 bridgehead atoms. The van der Waals surface area contributed by atoms with Crippen molar-refractivity contribution in [3.8, 4) is 0 Å². The Bertz CT molecular complexity index is 719. The minimum Gasteiger partial charge on any atom is -0.353 e. The minimum atomic E-state index is -3.73. The number of hydrogen-bond donors (Lipinski definition) is 1. The van der Waals surface area contributed by atoms with Gasteiger partial charge in [-0.1, -0.05) is 24.9 Å². The van der Waals surface area contributed by atoms with Gasteiger partial charge in [0.05, 0.1) is 9.92 Å². The molecule has 8 heteroatoms. The van der Waals surface area contributed by atoms with Crippen molar-refractivity contribution in [1.29, 1.82) is 0 Å². The first kappa shape index (κ1) is 20.1. The van der Waals surface area contributed by atoms with Crippen molar-refractivity contribution in [2.45, 2.75) is 50.5 Å². The highest BCUT2D eigenvalue weighted by molar-refractivity contribution is 7.89. The number of rotatable bonds is 6. The van der Waals surface area contributed by atoms with Gasteiger partial charge in [-0.15, -0.1) is 0 Å². The van der Waals surface area contributed by atoms with Gasteiger partial charge in [0.1, 0.15) is 5.82 Å². The van der Waals surface area contributed by atoms with Crippen LogP contribution in [0.5, 0.6) is 0 Å². The van der Waals surface area contributed by atoms with Crippen LogP contribution in [-0.2, 0) is 14.8 Å². The summed E-state index contributed by atoms with van der Waals surface area (Å²) in [6, 6.07) is 3.50. The lowest BCUT2D eigenvalue weighted by atomic mass is 9.96. The highest BCUT2D eigenvalue weighted by Gasteiger charge is 2.32. The zero-order chi connectivity index (χ0) is 18.6. The lowest BCUT2D eigenvalue weighted by molar-refractivity contribution is -0.126. The molecular formula is C17H24ClFN2O3S. The van der Waals surface area contributed by atoms with Crippen LogP contribution in [-0.4, -0.2) is 37.8 Å². The third-order valence-electron chi connectivity index (χ3n) is 4.46. The van der Waals surface area contributed by atoms with Gasteiger partial charge in [0, 0.05) is 25.0 Å². The maximum Gasteiger partial charge on any atom is 0.243 e. The molecule has 140 valence electrons. The zero-order valence-electron chi connectivity index (χ0n) is 14.5. The van der Waals surface area contributed by atoms with E-state index in [-0.39, 0.29) is 40.9 Å². The molecule has 1 aliphatic rings. The summed E-state index contributed by atoms with van der Waals surface area (Å²) in [5.41, 5.74) is 0. The molecule has 1 amide bonds. The lowest BCUT2D eigenvalue weighted by Gasteiger charge is -2.31. The molecule has 0 spiro atoms. The van der Waals surface area contributed by atoms with E-state index in [9.17, 15) is 17.6 Å². The minimum absolute atomic E-state index is 0.0113. The number of nitrogens with zero attached hydrogens (tertiary/aromatic N) is 1. The molecule has 5 nitrogen and oxygen atoms in total. The molecule has 1 aromatic carbocycles. The van der Waals surface area contributed by atoms with Crippen LogP contribution in [0.4, 0.5) is 4.39 Å². The van der Waals surface area contributed by atoms with Gasteiger partial charge in [0.25, 0.3) is 0 Å². The molecule has 0 aromatic heterocycles. The molecule has 0 saturated carbocycles. The van der Waals surface area contributed by atoms with Crippen LogP contribution in [0, 0.1) is 11.7 Å². The average Bonchev–Trinajstić information content (AvgIpc) is 2.57. The maximum absolute atomic E-state index is 13.2. The van der Waals surface area contributed by atoms with E-state index in [1.807, 2.05) is 6.92 Å². The van der Waals surface area contributed by atoms with Crippen LogP contribution in [0.3, 0.4) is 0 Å². The third kappa shape index (κ3) is 4.92. The van der Waals surface area contributed by atoms with Gasteiger partial charge in [0.15, 0.2) is 0 Å². The standard InChI is InChI=1S/C17H24ClFN2O3S/c1-3-4-12(2)20-17(22)13-7-9-21(10-8-13)25(23,24)14-5-6-16(19)15(18)11-14/h5-6,11-13H,3-4,7-10H2,1-2H3,(H,20,22)/t12-/m0/s1. The fourth-order valence-corrected chi connectivity index (χ4v) is 4.75. The number of sulfonamides is 1. The molecule has 2 rings (SSSR count). The number of amides is 1. The Kier molecular flexibility index (Phi) is 6.82. The molecule has 25 heavy (non-hydrogen) atoms. The third-order valence-corrected chi connectivity index (χ3v) is 6.65. The largest absolute Gasteiger partial charge is 0.353 e. The first-order valence-corrected chi connectivity index (χ1v) is 10.3. The van der Waals surface area contributed by atoms with Crippen molar-refractivity contribution in [2.24, 2.45) is 5.92 Å². The van der Waals surface area contributed by atoms with E-state index in [0.717, 1.165) is 25.0 Å². The number of hydrogen-bond acceptors (Lipinski definition) is 3. The van der Waals surface area contributed by atoms with E-state index in [4.69, 9.17) is 11.6 Å². The van der Waals surface area contributed by atoms with Crippen LogP contribution in [0.25, 0.3) is 0 Å². The van der Waals surface area contributed by atoms with Gasteiger partial charge >= 0.3 is 0 Å². The molecule has 0 unspecified atom stereocenters. The quantitative estimate of drug-likeness (QED) is 0.811. The SMILES string of the molecule is CCC[C@H](C)NC(=O)C1CCN(S(=O)(=O)c2ccc(F)c(Cl)c2)CC1. The van der Waals surface area contributed by atoms with E-state index in [1.165, 1.54) is 10.4 Å². The van der Waals surface area contributed by atoms with Crippen molar-refractivity contribution in [3.63, 3.8) is 0 Å². The second kappa shape index (κ2) is 8.47. The Hall–Kier alpha value is -1.18. The summed E-state index contributed by atoms with van der Waals surface area (Å²) in [5.74, 6) is -0.845. The molecule has 1 heterocycles. The molecule has 1 fully saturated rings. The van der Waals surface area contributed by atoms with E-state index >= 15 is 0 Å². The monoisotopic (exact) mass is 390 g/mol. The fraction of sp³-hybridized carbons (Fsp3) is 0.588. The predicted octanol–water partition coefficient (Wildman–Crippen LogP) is 3.18. The summed E-state index contributed by atoms with van der Waals surface area (Å²) >= 11 is 5.69. The van der Waals surface area contributed by atoms with Crippen molar-refractivity contribution in [1.82, 2.24) is 9.62 Å². The summed E-state index contributed by atoms with van der Waals surface area (Å²) in [7, 11) is -3.73.